The molecule has 2 aliphatic carbocycles. The van der Waals surface area contributed by atoms with Crippen molar-refractivity contribution in [3.8, 4) is 0 Å². The molecule has 5 heteroatoms. The Balaban J connectivity index is 0.00000192. The first-order chi connectivity index (χ1) is 10.7. The molecule has 0 radical (unpaired) electrons. The predicted octanol–water partition coefficient (Wildman–Crippen LogP) is 2.71. The van der Waals surface area contributed by atoms with Gasteiger partial charge in [-0.25, -0.2) is 0 Å². The summed E-state index contributed by atoms with van der Waals surface area (Å²) in [6, 6.07) is 1.14. The van der Waals surface area contributed by atoms with Crippen molar-refractivity contribution in [2.45, 2.75) is 82.8 Å². The Hall–Kier alpha value is -0.320. The number of nitrogens with zero attached hydrogens (tertiary/aromatic N) is 1. The van der Waals surface area contributed by atoms with E-state index in [2.05, 4.69) is 22.5 Å². The molecular weight excluding hydrogens is 310 g/mol. The molecule has 1 saturated heterocycles. The third-order valence-corrected chi connectivity index (χ3v) is 5.80. The van der Waals surface area contributed by atoms with Crippen molar-refractivity contribution < 1.29 is 4.79 Å². The molecule has 134 valence electrons. The van der Waals surface area contributed by atoms with Crippen molar-refractivity contribution in [1.29, 1.82) is 0 Å². The summed E-state index contributed by atoms with van der Waals surface area (Å²) in [7, 11) is 0. The van der Waals surface area contributed by atoms with Gasteiger partial charge in [0.15, 0.2) is 0 Å². The van der Waals surface area contributed by atoms with E-state index < -0.39 is 0 Å². The van der Waals surface area contributed by atoms with E-state index in [9.17, 15) is 4.79 Å². The third-order valence-electron chi connectivity index (χ3n) is 5.80. The van der Waals surface area contributed by atoms with Crippen LogP contribution in [0.2, 0.25) is 0 Å². The second-order valence-corrected chi connectivity index (χ2v) is 7.68. The quantitative estimate of drug-likeness (QED) is 0.779. The van der Waals surface area contributed by atoms with Gasteiger partial charge in [0.2, 0.25) is 5.91 Å². The van der Waals surface area contributed by atoms with Crippen molar-refractivity contribution in [3.63, 3.8) is 0 Å². The minimum absolute atomic E-state index is 0. The van der Waals surface area contributed by atoms with E-state index in [4.69, 9.17) is 0 Å². The minimum atomic E-state index is 0. The molecule has 0 aromatic heterocycles. The summed E-state index contributed by atoms with van der Waals surface area (Å²) in [5.41, 5.74) is 0. The molecule has 1 amide bonds. The van der Waals surface area contributed by atoms with Gasteiger partial charge in [-0.1, -0.05) is 19.3 Å². The van der Waals surface area contributed by atoms with E-state index >= 15 is 0 Å². The summed E-state index contributed by atoms with van der Waals surface area (Å²) in [5.74, 6) is 1.20. The van der Waals surface area contributed by atoms with Crippen LogP contribution >= 0.6 is 12.4 Å². The average Bonchev–Trinajstić information content (AvgIpc) is 3.38. The van der Waals surface area contributed by atoms with Crippen LogP contribution in [0.3, 0.4) is 0 Å². The molecule has 1 aliphatic heterocycles. The topological polar surface area (TPSA) is 44.4 Å². The van der Waals surface area contributed by atoms with Crippen LogP contribution in [0.4, 0.5) is 0 Å². The number of carbonyl (C=O) groups excluding carboxylic acids is 1. The van der Waals surface area contributed by atoms with Crippen LogP contribution in [0.25, 0.3) is 0 Å². The number of rotatable bonds is 6. The first-order valence-electron chi connectivity index (χ1n) is 9.50. The Labute approximate surface area is 147 Å². The Morgan fingerprint density at radius 1 is 1.00 bits per heavy atom. The molecule has 1 atom stereocenters. The van der Waals surface area contributed by atoms with Gasteiger partial charge in [0, 0.05) is 25.2 Å². The van der Waals surface area contributed by atoms with E-state index in [1.807, 2.05) is 0 Å². The van der Waals surface area contributed by atoms with Crippen molar-refractivity contribution >= 4 is 18.3 Å². The number of likely N-dealkylation sites (tertiary alicyclic amines) is 1. The van der Waals surface area contributed by atoms with Crippen LogP contribution in [-0.2, 0) is 4.79 Å². The maximum absolute atomic E-state index is 12.4. The van der Waals surface area contributed by atoms with Crippen molar-refractivity contribution in [3.05, 3.63) is 0 Å². The number of amides is 1. The van der Waals surface area contributed by atoms with Crippen molar-refractivity contribution in [2.75, 3.05) is 19.6 Å². The molecule has 3 aliphatic rings. The minimum Gasteiger partial charge on any atom is -0.352 e. The first kappa shape index (κ1) is 19.0. The number of halogens is 1. The fourth-order valence-electron chi connectivity index (χ4n) is 3.88. The molecule has 2 N–H and O–H groups in total. The highest BCUT2D eigenvalue weighted by molar-refractivity contribution is 5.85. The maximum atomic E-state index is 12.4. The lowest BCUT2D eigenvalue weighted by Crippen LogP contribution is -2.52. The maximum Gasteiger partial charge on any atom is 0.237 e. The Morgan fingerprint density at radius 3 is 2.26 bits per heavy atom. The summed E-state index contributed by atoms with van der Waals surface area (Å²) in [6.45, 7) is 5.40. The Bertz CT molecular complexity index is 361. The smallest absolute Gasteiger partial charge is 0.237 e. The van der Waals surface area contributed by atoms with Crippen LogP contribution in [0, 0.1) is 5.92 Å². The zero-order valence-electron chi connectivity index (χ0n) is 14.6. The highest BCUT2D eigenvalue weighted by Gasteiger charge is 2.29. The van der Waals surface area contributed by atoms with E-state index in [-0.39, 0.29) is 24.4 Å². The van der Waals surface area contributed by atoms with Gasteiger partial charge in [-0.2, -0.15) is 0 Å². The van der Waals surface area contributed by atoms with Gasteiger partial charge in [-0.3, -0.25) is 9.69 Å². The molecular formula is C18H34ClN3O. The van der Waals surface area contributed by atoms with Gasteiger partial charge in [0.1, 0.15) is 0 Å². The highest BCUT2D eigenvalue weighted by Crippen LogP contribution is 2.28. The molecule has 0 bridgehead atoms. The second kappa shape index (κ2) is 9.24. The lowest BCUT2D eigenvalue weighted by atomic mass is 9.95. The standard InChI is InChI=1S/C18H33N3O.ClH/c1-14(18(22)20-17-5-3-2-4-6-17)21-11-9-16(10-12-21)19-13-15-7-8-15;/h14-17,19H,2-13H2,1H3,(H,20,22);1H. The summed E-state index contributed by atoms with van der Waals surface area (Å²) in [5, 5.41) is 6.99. The number of piperidine rings is 1. The monoisotopic (exact) mass is 343 g/mol. The number of nitrogens with one attached hydrogen (secondary N) is 2. The fourth-order valence-corrected chi connectivity index (χ4v) is 3.88. The van der Waals surface area contributed by atoms with Gasteiger partial charge >= 0.3 is 0 Å². The number of hydrogen-bond acceptors (Lipinski definition) is 3. The molecule has 0 aromatic rings. The fraction of sp³-hybridized carbons (Fsp3) is 0.944. The van der Waals surface area contributed by atoms with Crippen LogP contribution in [0.1, 0.15) is 64.7 Å². The zero-order chi connectivity index (χ0) is 15.4. The van der Waals surface area contributed by atoms with Gasteiger partial charge in [0.25, 0.3) is 0 Å². The van der Waals surface area contributed by atoms with Crippen molar-refractivity contribution in [1.82, 2.24) is 15.5 Å². The van der Waals surface area contributed by atoms with Gasteiger partial charge in [-0.05, 0) is 57.9 Å². The predicted molar refractivity (Wildman–Crippen MR) is 97.0 cm³/mol. The van der Waals surface area contributed by atoms with Crippen LogP contribution in [0.15, 0.2) is 0 Å². The molecule has 3 rings (SSSR count). The Morgan fingerprint density at radius 2 is 1.65 bits per heavy atom. The summed E-state index contributed by atoms with van der Waals surface area (Å²) in [4.78, 5) is 14.8. The normalized spacial score (nSPS) is 25.6. The molecule has 23 heavy (non-hydrogen) atoms. The molecule has 4 nitrogen and oxygen atoms in total. The van der Waals surface area contributed by atoms with E-state index in [0.717, 1.165) is 19.0 Å². The lowest BCUT2D eigenvalue weighted by Gasteiger charge is -2.36. The third kappa shape index (κ3) is 5.91. The van der Waals surface area contributed by atoms with E-state index in [1.165, 1.54) is 64.3 Å². The number of carbonyl (C=O) groups is 1. The zero-order valence-corrected chi connectivity index (χ0v) is 15.4. The molecule has 1 unspecified atom stereocenters. The molecule has 2 saturated carbocycles. The average molecular weight is 344 g/mol. The Kier molecular flexibility index (Phi) is 7.64. The van der Waals surface area contributed by atoms with Gasteiger partial charge in [0.05, 0.1) is 6.04 Å². The van der Waals surface area contributed by atoms with Gasteiger partial charge in [-0.15, -0.1) is 12.4 Å². The first-order valence-corrected chi connectivity index (χ1v) is 9.50. The molecule has 0 aromatic carbocycles. The van der Waals surface area contributed by atoms with Crippen LogP contribution < -0.4 is 10.6 Å². The second-order valence-electron chi connectivity index (χ2n) is 7.68. The van der Waals surface area contributed by atoms with E-state index in [1.54, 1.807) is 0 Å². The largest absolute Gasteiger partial charge is 0.352 e. The summed E-state index contributed by atoms with van der Waals surface area (Å²) in [6.07, 6.45) is 11.4. The van der Waals surface area contributed by atoms with E-state index in [0.29, 0.717) is 12.1 Å². The lowest BCUT2D eigenvalue weighted by molar-refractivity contribution is -0.127. The molecule has 3 fully saturated rings. The summed E-state index contributed by atoms with van der Waals surface area (Å²) < 4.78 is 0. The number of hydrogen-bond donors (Lipinski definition) is 2. The highest BCUT2D eigenvalue weighted by atomic mass is 35.5. The molecule has 0 spiro atoms. The molecule has 1 heterocycles. The van der Waals surface area contributed by atoms with Crippen LogP contribution in [-0.4, -0.2) is 48.6 Å². The SMILES string of the molecule is CC(C(=O)NC1CCCCC1)N1CCC(NCC2CC2)CC1.Cl. The summed E-state index contributed by atoms with van der Waals surface area (Å²) >= 11 is 0. The van der Waals surface area contributed by atoms with Gasteiger partial charge < -0.3 is 10.6 Å². The van der Waals surface area contributed by atoms with Crippen LogP contribution in [0.5, 0.6) is 0 Å². The van der Waals surface area contributed by atoms with Crippen molar-refractivity contribution in [2.24, 2.45) is 5.92 Å².